The minimum atomic E-state index is -0.701. The van der Waals surface area contributed by atoms with Crippen LogP contribution in [0.4, 0.5) is 10.5 Å². The predicted octanol–water partition coefficient (Wildman–Crippen LogP) is 4.80. The van der Waals surface area contributed by atoms with Crippen LogP contribution in [0.15, 0.2) is 72.8 Å². The van der Waals surface area contributed by atoms with E-state index in [4.69, 9.17) is 4.74 Å². The van der Waals surface area contributed by atoms with Crippen molar-refractivity contribution in [2.24, 2.45) is 0 Å². The molecule has 0 unspecified atom stereocenters. The lowest BCUT2D eigenvalue weighted by molar-refractivity contribution is -0.120. The Bertz CT molecular complexity index is 1560. The van der Waals surface area contributed by atoms with E-state index in [0.29, 0.717) is 30.0 Å². The molecule has 0 bridgehead atoms. The topological polar surface area (TPSA) is 94.7 Å². The van der Waals surface area contributed by atoms with E-state index < -0.39 is 18.1 Å². The number of fused-ring (bicyclic) bond motifs is 4. The number of hydrogen-bond acceptors (Lipinski definition) is 4. The van der Waals surface area contributed by atoms with Gasteiger partial charge >= 0.3 is 6.03 Å². The van der Waals surface area contributed by atoms with Crippen molar-refractivity contribution in [1.29, 1.82) is 0 Å². The minimum absolute atomic E-state index is 0.299. The number of carbonyl (C=O) groups excluding carboxylic acids is 3. The van der Waals surface area contributed by atoms with Gasteiger partial charge in [0.25, 0.3) is 11.8 Å². The first-order valence-corrected chi connectivity index (χ1v) is 12.8. The zero-order valence-corrected chi connectivity index (χ0v) is 21.2. The van der Waals surface area contributed by atoms with Crippen LogP contribution in [0.25, 0.3) is 10.9 Å². The molecule has 38 heavy (non-hydrogen) atoms. The number of nitrogens with one attached hydrogen (secondary N) is 2. The largest absolute Gasteiger partial charge is 0.497 e. The molecule has 1 saturated heterocycles. The number of hydrogen-bond donors (Lipinski definition) is 2. The average Bonchev–Trinajstić information content (AvgIpc) is 3.44. The summed E-state index contributed by atoms with van der Waals surface area (Å²) in [5.41, 5.74) is 4.34. The molecule has 0 radical (unpaired) electrons. The quantitative estimate of drug-likeness (QED) is 0.366. The number of amides is 4. The summed E-state index contributed by atoms with van der Waals surface area (Å²) in [5.74, 6) is 0.0616. The summed E-state index contributed by atoms with van der Waals surface area (Å²) >= 11 is 0. The van der Waals surface area contributed by atoms with E-state index in [0.717, 1.165) is 34.1 Å². The fourth-order valence-corrected chi connectivity index (χ4v) is 5.62. The monoisotopic (exact) mass is 508 g/mol. The molecule has 192 valence electrons. The molecule has 6 rings (SSSR count). The third-order valence-electron chi connectivity index (χ3n) is 7.41. The number of aromatic nitrogens is 1. The van der Waals surface area contributed by atoms with Gasteiger partial charge in [0.05, 0.1) is 18.4 Å². The number of ether oxygens (including phenoxy) is 1. The average molecular weight is 509 g/mol. The molecule has 2 N–H and O–H groups in total. The van der Waals surface area contributed by atoms with E-state index in [9.17, 15) is 14.4 Å². The van der Waals surface area contributed by atoms with Crippen LogP contribution in [-0.2, 0) is 11.2 Å². The van der Waals surface area contributed by atoms with Crippen LogP contribution in [0.5, 0.6) is 5.75 Å². The second-order valence-electron chi connectivity index (χ2n) is 9.59. The number of para-hydroxylation sites is 2. The molecule has 4 aromatic rings. The highest BCUT2D eigenvalue weighted by atomic mass is 16.5. The van der Waals surface area contributed by atoms with Crippen LogP contribution in [0.1, 0.15) is 46.6 Å². The lowest BCUT2D eigenvalue weighted by Gasteiger charge is -2.36. The van der Waals surface area contributed by atoms with Crippen molar-refractivity contribution in [2.45, 2.75) is 31.8 Å². The van der Waals surface area contributed by atoms with Crippen LogP contribution in [0.2, 0.25) is 0 Å². The highest BCUT2D eigenvalue weighted by Gasteiger charge is 2.53. The molecule has 2 aliphatic heterocycles. The van der Waals surface area contributed by atoms with Gasteiger partial charge in [-0.1, -0.05) is 49.4 Å². The zero-order chi connectivity index (χ0) is 26.4. The summed E-state index contributed by atoms with van der Waals surface area (Å²) in [6, 6.07) is 20.7. The molecule has 0 aliphatic carbocycles. The first-order valence-electron chi connectivity index (χ1n) is 12.8. The van der Waals surface area contributed by atoms with Gasteiger partial charge in [-0.3, -0.25) is 14.5 Å². The number of benzene rings is 3. The van der Waals surface area contributed by atoms with E-state index >= 15 is 0 Å². The maximum atomic E-state index is 14.1. The Morgan fingerprint density at radius 1 is 1.03 bits per heavy atom. The molecule has 0 spiro atoms. The van der Waals surface area contributed by atoms with E-state index in [1.807, 2.05) is 55.5 Å². The van der Waals surface area contributed by atoms with Crippen LogP contribution >= 0.6 is 0 Å². The molecule has 8 nitrogen and oxygen atoms in total. The second kappa shape index (κ2) is 9.37. The van der Waals surface area contributed by atoms with Crippen molar-refractivity contribution in [2.75, 3.05) is 18.6 Å². The minimum Gasteiger partial charge on any atom is -0.497 e. The lowest BCUT2D eigenvalue weighted by atomic mass is 9.89. The number of aromatic amines is 1. The fraction of sp³-hybridized carbons (Fsp3) is 0.233. The number of rotatable bonds is 6. The number of imide groups is 1. The molecular formula is C30H28N4O4. The maximum absolute atomic E-state index is 14.1. The summed E-state index contributed by atoms with van der Waals surface area (Å²) in [7, 11) is 1.61. The summed E-state index contributed by atoms with van der Waals surface area (Å²) in [6.07, 6.45) is 1.16. The predicted molar refractivity (Wildman–Crippen MR) is 144 cm³/mol. The molecule has 2 aliphatic rings. The van der Waals surface area contributed by atoms with Crippen molar-refractivity contribution in [3.8, 4) is 5.75 Å². The van der Waals surface area contributed by atoms with E-state index in [1.54, 1.807) is 36.3 Å². The number of H-pyrrole nitrogens is 1. The first-order chi connectivity index (χ1) is 18.5. The highest BCUT2D eigenvalue weighted by molar-refractivity contribution is 6.24. The number of anilines is 1. The molecule has 3 aromatic carbocycles. The molecule has 0 saturated carbocycles. The fourth-order valence-electron chi connectivity index (χ4n) is 5.62. The van der Waals surface area contributed by atoms with Crippen molar-refractivity contribution in [3.05, 3.63) is 95.2 Å². The number of nitrogens with zero attached hydrogens (tertiary/aromatic N) is 2. The Kier molecular flexibility index (Phi) is 5.87. The third-order valence-corrected chi connectivity index (χ3v) is 7.41. The Balaban J connectivity index is 1.48. The first kappa shape index (κ1) is 23.8. The number of carbonyl (C=O) groups is 3. The smallest absolute Gasteiger partial charge is 0.332 e. The molecule has 1 aromatic heterocycles. The summed E-state index contributed by atoms with van der Waals surface area (Å²) in [5, 5.41) is 3.90. The van der Waals surface area contributed by atoms with Crippen molar-refractivity contribution in [3.63, 3.8) is 0 Å². The van der Waals surface area contributed by atoms with Crippen molar-refractivity contribution >= 4 is 34.4 Å². The van der Waals surface area contributed by atoms with Crippen molar-refractivity contribution < 1.29 is 19.1 Å². The Morgan fingerprint density at radius 3 is 2.53 bits per heavy atom. The van der Waals surface area contributed by atoms with Gasteiger partial charge in [0, 0.05) is 29.6 Å². The van der Waals surface area contributed by atoms with E-state index in [1.165, 1.54) is 4.90 Å². The Labute approximate surface area is 220 Å². The van der Waals surface area contributed by atoms with E-state index in [-0.39, 0.29) is 11.8 Å². The number of methoxy groups -OCH3 is 1. The maximum Gasteiger partial charge on any atom is 0.332 e. The normalized spacial score (nSPS) is 18.5. The molecule has 1 fully saturated rings. The van der Waals surface area contributed by atoms with E-state index in [2.05, 4.69) is 10.3 Å². The number of urea groups is 1. The molecule has 2 atom stereocenters. The SMILES string of the molecule is CCCNC(=O)c1ccccc1N1C(=O)[C@@H]2Cc3c([nH]c4ccccc34)[C@H](c3ccc(OC)cc3)N2C1=O. The Hall–Kier alpha value is -4.59. The van der Waals surface area contributed by atoms with Crippen LogP contribution in [0, 0.1) is 0 Å². The highest BCUT2D eigenvalue weighted by Crippen LogP contribution is 2.45. The molecule has 4 amide bonds. The molecule has 8 heteroatoms. The van der Waals surface area contributed by atoms with Gasteiger partial charge in [0.15, 0.2) is 0 Å². The van der Waals surface area contributed by atoms with Crippen LogP contribution in [-0.4, -0.2) is 47.4 Å². The third kappa shape index (κ3) is 3.63. The van der Waals surface area contributed by atoms with Gasteiger partial charge in [0.1, 0.15) is 17.8 Å². The summed E-state index contributed by atoms with van der Waals surface area (Å²) < 4.78 is 5.35. The Morgan fingerprint density at radius 2 is 1.76 bits per heavy atom. The van der Waals surface area contributed by atoms with Gasteiger partial charge < -0.3 is 15.0 Å². The second-order valence-corrected chi connectivity index (χ2v) is 9.59. The summed E-state index contributed by atoms with van der Waals surface area (Å²) in [4.78, 5) is 47.4. The van der Waals surface area contributed by atoms with Gasteiger partial charge in [0.2, 0.25) is 0 Å². The molecular weight excluding hydrogens is 480 g/mol. The van der Waals surface area contributed by atoms with Crippen LogP contribution < -0.4 is 15.0 Å². The molecule has 3 heterocycles. The van der Waals surface area contributed by atoms with Crippen LogP contribution in [0.3, 0.4) is 0 Å². The van der Waals surface area contributed by atoms with Gasteiger partial charge in [-0.15, -0.1) is 0 Å². The van der Waals surface area contributed by atoms with Crippen molar-refractivity contribution in [1.82, 2.24) is 15.2 Å². The van der Waals surface area contributed by atoms with Gasteiger partial charge in [-0.05, 0) is 47.9 Å². The summed E-state index contributed by atoms with van der Waals surface area (Å²) in [6.45, 7) is 2.47. The lowest BCUT2D eigenvalue weighted by Crippen LogP contribution is -2.44. The zero-order valence-electron chi connectivity index (χ0n) is 21.2. The standard InChI is InChI=1S/C30H28N4O4/c1-3-16-31-28(35)21-9-5-7-11-24(21)34-29(36)25-17-22-20-8-4-6-10-23(20)32-26(22)27(33(25)30(34)37)18-12-14-19(38-2)15-13-18/h4-15,25,27,32H,3,16-17H2,1-2H3,(H,31,35)/t25-,27-/m0/s1. The van der Waals surface area contributed by atoms with Gasteiger partial charge in [-0.2, -0.15) is 0 Å². The van der Waals surface area contributed by atoms with Gasteiger partial charge in [-0.25, -0.2) is 9.69 Å².